The molecule has 0 radical (unpaired) electrons. The van der Waals surface area contributed by atoms with Crippen molar-refractivity contribution in [2.24, 2.45) is 0 Å². The van der Waals surface area contributed by atoms with Crippen LogP contribution in [0.5, 0.6) is 0 Å². The van der Waals surface area contributed by atoms with Crippen molar-refractivity contribution in [1.29, 1.82) is 0 Å². The van der Waals surface area contributed by atoms with E-state index >= 15 is 0 Å². The Balaban J connectivity index is 1.75. The number of aliphatic hydroxyl groups excluding tert-OH is 3. The van der Waals surface area contributed by atoms with Crippen LogP contribution >= 0.6 is 11.6 Å². The first kappa shape index (κ1) is 18.7. The molecule has 10 heteroatoms. The number of aliphatic hydroxyl groups is 3. The third-order valence-corrected chi connectivity index (χ3v) is 6.30. The van der Waals surface area contributed by atoms with Gasteiger partial charge < -0.3 is 25.8 Å². The van der Waals surface area contributed by atoms with E-state index in [9.17, 15) is 15.3 Å². The average Bonchev–Trinajstić information content (AvgIpc) is 3.39. The van der Waals surface area contributed by atoms with Crippen molar-refractivity contribution < 1.29 is 20.1 Å². The number of anilines is 1. The molecule has 0 saturated carbocycles. The van der Waals surface area contributed by atoms with Gasteiger partial charge in [0, 0.05) is 10.9 Å². The van der Waals surface area contributed by atoms with Crippen LogP contribution in [0.2, 0.25) is 5.02 Å². The number of aromatic nitrogens is 4. The highest BCUT2D eigenvalue weighted by Gasteiger charge is 2.61. The third-order valence-electron chi connectivity index (χ3n) is 6.07. The third kappa shape index (κ3) is 2.52. The molecule has 1 aliphatic carbocycles. The summed E-state index contributed by atoms with van der Waals surface area (Å²) in [5.41, 5.74) is 7.28. The number of nitrogens with two attached hydrogens (primary N) is 1. The first-order valence-corrected chi connectivity index (χ1v) is 9.72. The largest absolute Gasteiger partial charge is 0.394 e. The first-order chi connectivity index (χ1) is 14.0. The van der Waals surface area contributed by atoms with Crippen LogP contribution in [0, 0.1) is 0 Å². The lowest BCUT2D eigenvalue weighted by Crippen LogP contribution is -2.49. The maximum absolute atomic E-state index is 11.2. The SMILES string of the molecule is Nc1ncnc2c1ncn2[C@]1(C2CCc3cc(Cl)ccc32)O[C@H](CO)[C@@H](O)[C@H]1O. The zero-order chi connectivity index (χ0) is 20.3. The van der Waals surface area contributed by atoms with Crippen LogP contribution in [0.15, 0.2) is 30.9 Å². The summed E-state index contributed by atoms with van der Waals surface area (Å²) >= 11 is 6.16. The van der Waals surface area contributed by atoms with Gasteiger partial charge >= 0.3 is 0 Å². The molecule has 1 unspecified atom stereocenters. The maximum atomic E-state index is 11.2. The minimum absolute atomic E-state index is 0.203. The predicted octanol–water partition coefficient (Wildman–Crippen LogP) is 0.558. The highest BCUT2D eigenvalue weighted by atomic mass is 35.5. The Bertz CT molecular complexity index is 1090. The number of ether oxygens (including phenoxy) is 1. The molecule has 5 rings (SSSR count). The van der Waals surface area contributed by atoms with Crippen LogP contribution in [-0.4, -0.2) is 59.8 Å². The molecule has 1 fully saturated rings. The lowest BCUT2D eigenvalue weighted by Gasteiger charge is -2.39. The van der Waals surface area contributed by atoms with Gasteiger partial charge in [-0.1, -0.05) is 17.7 Å². The van der Waals surface area contributed by atoms with E-state index in [1.807, 2.05) is 12.1 Å². The molecular formula is C19H20ClN5O4. The monoisotopic (exact) mass is 417 g/mol. The van der Waals surface area contributed by atoms with Crippen LogP contribution in [-0.2, 0) is 16.9 Å². The number of nitrogen functional groups attached to an aromatic ring is 1. The predicted molar refractivity (Wildman–Crippen MR) is 104 cm³/mol. The Morgan fingerprint density at radius 1 is 1.28 bits per heavy atom. The van der Waals surface area contributed by atoms with Crippen molar-refractivity contribution in [3.8, 4) is 0 Å². The highest BCUT2D eigenvalue weighted by molar-refractivity contribution is 6.30. The van der Waals surface area contributed by atoms with Crippen molar-refractivity contribution in [2.75, 3.05) is 12.3 Å². The number of benzene rings is 1. The summed E-state index contributed by atoms with van der Waals surface area (Å²) in [7, 11) is 0. The van der Waals surface area contributed by atoms with Gasteiger partial charge in [-0.25, -0.2) is 15.0 Å². The summed E-state index contributed by atoms with van der Waals surface area (Å²) in [5, 5.41) is 32.2. The second kappa shape index (κ2) is 6.61. The van der Waals surface area contributed by atoms with E-state index < -0.39 is 30.6 Å². The summed E-state index contributed by atoms with van der Waals surface area (Å²) in [5.74, 6) is -0.126. The van der Waals surface area contributed by atoms with Gasteiger partial charge in [-0.05, 0) is 36.1 Å². The number of aryl methyl sites for hydroxylation is 1. The molecule has 1 saturated heterocycles. The standard InChI is InChI=1S/C19H20ClN5O4/c20-10-2-3-11-9(5-10)1-4-12(11)19(16(28)15(27)13(6-26)29-19)25-8-24-14-17(21)22-7-23-18(14)25/h2-3,5,7-8,12-13,15-16,26-28H,1,4,6H2,(H2,21,22,23)/t12?,13-,15-,16-,19-/m1/s1. The normalized spacial score (nSPS) is 31.4. The Kier molecular flexibility index (Phi) is 4.27. The minimum Gasteiger partial charge on any atom is -0.394 e. The van der Waals surface area contributed by atoms with E-state index in [2.05, 4.69) is 15.0 Å². The van der Waals surface area contributed by atoms with Crippen LogP contribution in [0.3, 0.4) is 0 Å². The zero-order valence-electron chi connectivity index (χ0n) is 15.3. The van der Waals surface area contributed by atoms with Crippen molar-refractivity contribution >= 4 is 28.6 Å². The summed E-state index contributed by atoms with van der Waals surface area (Å²) in [6.07, 6.45) is 0.609. The molecule has 9 nitrogen and oxygen atoms in total. The van der Waals surface area contributed by atoms with Crippen LogP contribution < -0.4 is 5.73 Å². The molecule has 5 N–H and O–H groups in total. The van der Waals surface area contributed by atoms with Gasteiger partial charge in [0.25, 0.3) is 0 Å². The van der Waals surface area contributed by atoms with E-state index in [0.29, 0.717) is 22.6 Å². The summed E-state index contributed by atoms with van der Waals surface area (Å²) in [4.78, 5) is 12.6. The van der Waals surface area contributed by atoms with Crippen molar-refractivity contribution in [2.45, 2.75) is 42.8 Å². The second-order valence-electron chi connectivity index (χ2n) is 7.51. The molecule has 2 aliphatic rings. The maximum Gasteiger partial charge on any atom is 0.183 e. The number of hydrogen-bond acceptors (Lipinski definition) is 8. The lowest BCUT2D eigenvalue weighted by molar-refractivity contribution is -0.162. The molecule has 2 aromatic heterocycles. The molecule has 1 aromatic carbocycles. The van der Waals surface area contributed by atoms with E-state index in [4.69, 9.17) is 22.1 Å². The van der Waals surface area contributed by atoms with Gasteiger partial charge in [0.05, 0.1) is 12.9 Å². The molecule has 0 spiro atoms. The van der Waals surface area contributed by atoms with E-state index in [1.54, 1.807) is 10.6 Å². The highest BCUT2D eigenvalue weighted by Crippen LogP contribution is 2.52. The summed E-state index contributed by atoms with van der Waals surface area (Å²) in [6.45, 7) is -0.441. The number of halogens is 1. The zero-order valence-corrected chi connectivity index (χ0v) is 16.1. The van der Waals surface area contributed by atoms with Gasteiger partial charge in [0.15, 0.2) is 17.2 Å². The quantitative estimate of drug-likeness (QED) is 0.484. The number of hydrogen-bond donors (Lipinski definition) is 4. The Morgan fingerprint density at radius 3 is 2.86 bits per heavy atom. The number of fused-ring (bicyclic) bond motifs is 2. The Hall–Kier alpha value is -2.30. The summed E-state index contributed by atoms with van der Waals surface area (Å²) < 4.78 is 7.83. The first-order valence-electron chi connectivity index (χ1n) is 9.34. The molecule has 0 amide bonds. The molecule has 0 bridgehead atoms. The second-order valence-corrected chi connectivity index (χ2v) is 7.94. The van der Waals surface area contributed by atoms with Crippen LogP contribution in [0.1, 0.15) is 23.5 Å². The lowest BCUT2D eigenvalue weighted by atomic mass is 9.84. The van der Waals surface area contributed by atoms with Gasteiger partial charge in [-0.15, -0.1) is 0 Å². The topological polar surface area (TPSA) is 140 Å². The van der Waals surface area contributed by atoms with Gasteiger partial charge in [-0.3, -0.25) is 4.57 Å². The smallest absolute Gasteiger partial charge is 0.183 e. The van der Waals surface area contributed by atoms with Gasteiger partial charge in [0.2, 0.25) is 0 Å². The molecule has 152 valence electrons. The Labute approximate surface area is 170 Å². The number of rotatable bonds is 3. The number of nitrogens with zero attached hydrogens (tertiary/aromatic N) is 4. The summed E-state index contributed by atoms with van der Waals surface area (Å²) in [6, 6.07) is 5.60. The molecule has 5 atom stereocenters. The van der Waals surface area contributed by atoms with Crippen LogP contribution in [0.4, 0.5) is 5.82 Å². The van der Waals surface area contributed by atoms with Gasteiger partial charge in [-0.2, -0.15) is 0 Å². The molecular weight excluding hydrogens is 398 g/mol. The van der Waals surface area contributed by atoms with E-state index in [0.717, 1.165) is 17.5 Å². The van der Waals surface area contributed by atoms with Crippen LogP contribution in [0.25, 0.3) is 11.2 Å². The van der Waals surface area contributed by atoms with Gasteiger partial charge in [0.1, 0.15) is 30.2 Å². The molecule has 29 heavy (non-hydrogen) atoms. The molecule has 3 aromatic rings. The fourth-order valence-corrected chi connectivity index (χ4v) is 4.95. The average molecular weight is 418 g/mol. The fourth-order valence-electron chi connectivity index (χ4n) is 4.75. The minimum atomic E-state index is -1.43. The number of imidazole rings is 1. The van der Waals surface area contributed by atoms with Crippen molar-refractivity contribution in [3.05, 3.63) is 47.0 Å². The molecule has 3 heterocycles. The van der Waals surface area contributed by atoms with E-state index in [-0.39, 0.29) is 11.7 Å². The van der Waals surface area contributed by atoms with Crippen molar-refractivity contribution in [3.63, 3.8) is 0 Å². The van der Waals surface area contributed by atoms with Crippen molar-refractivity contribution in [1.82, 2.24) is 19.5 Å². The van der Waals surface area contributed by atoms with E-state index in [1.165, 1.54) is 12.7 Å². The Morgan fingerprint density at radius 2 is 2.10 bits per heavy atom. The fraction of sp³-hybridized carbons (Fsp3) is 0.421. The molecule has 1 aliphatic heterocycles.